The molecular weight excluding hydrogens is 313 g/mol. The van der Waals surface area contributed by atoms with Crippen molar-refractivity contribution in [1.29, 1.82) is 0 Å². The van der Waals surface area contributed by atoms with E-state index in [0.29, 0.717) is 5.75 Å². The van der Waals surface area contributed by atoms with Crippen LogP contribution in [-0.2, 0) is 5.75 Å². The van der Waals surface area contributed by atoms with Crippen LogP contribution in [0.15, 0.2) is 45.8 Å². The van der Waals surface area contributed by atoms with E-state index in [1.54, 1.807) is 23.9 Å². The lowest BCUT2D eigenvalue weighted by atomic mass is 10.2. The average molecular weight is 326 g/mol. The van der Waals surface area contributed by atoms with Crippen LogP contribution in [0.3, 0.4) is 0 Å². The van der Waals surface area contributed by atoms with Crippen molar-refractivity contribution < 1.29 is 4.39 Å². The first kappa shape index (κ1) is 13.4. The molecule has 2 aromatic carbocycles. The van der Waals surface area contributed by atoms with E-state index in [4.69, 9.17) is 5.73 Å². The number of halogens is 2. The minimum atomic E-state index is -0.217. The van der Waals surface area contributed by atoms with Gasteiger partial charge in [-0.25, -0.2) is 4.39 Å². The van der Waals surface area contributed by atoms with Crippen molar-refractivity contribution in [2.45, 2.75) is 17.6 Å². The minimum absolute atomic E-state index is 0.217. The highest BCUT2D eigenvalue weighted by Crippen LogP contribution is 2.32. The molecule has 0 saturated carbocycles. The van der Waals surface area contributed by atoms with Crippen molar-refractivity contribution in [3.8, 4) is 0 Å². The van der Waals surface area contributed by atoms with Crippen LogP contribution < -0.4 is 5.73 Å². The number of nitrogens with two attached hydrogens (primary N) is 1. The summed E-state index contributed by atoms with van der Waals surface area (Å²) in [6, 6.07) is 10.7. The lowest BCUT2D eigenvalue weighted by molar-refractivity contribution is 0.626. The fraction of sp³-hybridized carbons (Fsp3) is 0.143. The Morgan fingerprint density at radius 1 is 1.28 bits per heavy atom. The predicted molar refractivity (Wildman–Crippen MR) is 79.3 cm³/mol. The summed E-state index contributed by atoms with van der Waals surface area (Å²) in [5.41, 5.74) is 8.81. The van der Waals surface area contributed by atoms with Gasteiger partial charge in [-0.1, -0.05) is 28.1 Å². The van der Waals surface area contributed by atoms with Crippen LogP contribution in [-0.4, -0.2) is 0 Å². The van der Waals surface area contributed by atoms with Gasteiger partial charge in [-0.3, -0.25) is 0 Å². The summed E-state index contributed by atoms with van der Waals surface area (Å²) in [7, 11) is 0. The molecule has 0 amide bonds. The zero-order chi connectivity index (χ0) is 13.1. The molecular formula is C14H13BrFNS. The molecule has 0 aliphatic rings. The third kappa shape index (κ3) is 3.06. The van der Waals surface area contributed by atoms with Gasteiger partial charge in [0.2, 0.25) is 0 Å². The molecule has 18 heavy (non-hydrogen) atoms. The molecule has 0 aliphatic carbocycles. The van der Waals surface area contributed by atoms with Crippen LogP contribution in [0.4, 0.5) is 10.1 Å². The Labute approximate surface area is 119 Å². The van der Waals surface area contributed by atoms with E-state index >= 15 is 0 Å². The van der Waals surface area contributed by atoms with Gasteiger partial charge in [0.1, 0.15) is 5.82 Å². The largest absolute Gasteiger partial charge is 0.398 e. The van der Waals surface area contributed by atoms with Crippen LogP contribution >= 0.6 is 27.7 Å². The van der Waals surface area contributed by atoms with Crippen LogP contribution in [0.5, 0.6) is 0 Å². The maximum Gasteiger partial charge on any atom is 0.123 e. The number of rotatable bonds is 3. The Hall–Kier alpha value is -1.00. The molecule has 0 aromatic heterocycles. The van der Waals surface area contributed by atoms with E-state index in [9.17, 15) is 4.39 Å². The summed E-state index contributed by atoms with van der Waals surface area (Å²) in [6.45, 7) is 1.98. The maximum absolute atomic E-state index is 13.2. The predicted octanol–water partition coefficient (Wildman–Crippen LogP) is 4.77. The SMILES string of the molecule is Cc1cccc(SCc2cc(F)ccc2Br)c1N. The highest BCUT2D eigenvalue weighted by atomic mass is 79.9. The minimum Gasteiger partial charge on any atom is -0.398 e. The molecule has 0 bridgehead atoms. The van der Waals surface area contributed by atoms with Crippen LogP contribution in [0, 0.1) is 12.7 Å². The fourth-order valence-electron chi connectivity index (χ4n) is 1.59. The van der Waals surface area contributed by atoms with Crippen molar-refractivity contribution in [3.05, 3.63) is 57.8 Å². The molecule has 0 spiro atoms. The molecule has 2 rings (SSSR count). The third-order valence-electron chi connectivity index (χ3n) is 2.68. The van der Waals surface area contributed by atoms with E-state index in [2.05, 4.69) is 15.9 Å². The second kappa shape index (κ2) is 5.76. The number of benzene rings is 2. The lowest BCUT2D eigenvalue weighted by Crippen LogP contribution is -1.93. The Balaban J connectivity index is 2.16. The lowest BCUT2D eigenvalue weighted by Gasteiger charge is -2.09. The first-order valence-electron chi connectivity index (χ1n) is 5.50. The standard InChI is InChI=1S/C14H13BrFNS/c1-9-3-2-4-13(14(9)17)18-8-10-7-11(16)5-6-12(10)15/h2-7H,8,17H2,1H3. The van der Waals surface area contributed by atoms with E-state index < -0.39 is 0 Å². The highest BCUT2D eigenvalue weighted by Gasteiger charge is 2.06. The summed E-state index contributed by atoms with van der Waals surface area (Å²) >= 11 is 5.04. The van der Waals surface area contributed by atoms with Crippen molar-refractivity contribution >= 4 is 33.4 Å². The van der Waals surface area contributed by atoms with Crippen molar-refractivity contribution in [1.82, 2.24) is 0 Å². The quantitative estimate of drug-likeness (QED) is 0.649. The van der Waals surface area contributed by atoms with E-state index in [0.717, 1.165) is 26.2 Å². The third-order valence-corrected chi connectivity index (χ3v) is 4.57. The van der Waals surface area contributed by atoms with E-state index in [-0.39, 0.29) is 5.82 Å². The number of hydrogen-bond donors (Lipinski definition) is 1. The number of hydrogen-bond acceptors (Lipinski definition) is 2. The van der Waals surface area contributed by atoms with Crippen LogP contribution in [0.1, 0.15) is 11.1 Å². The van der Waals surface area contributed by atoms with Crippen molar-refractivity contribution in [2.75, 3.05) is 5.73 Å². The van der Waals surface area contributed by atoms with Crippen molar-refractivity contribution in [3.63, 3.8) is 0 Å². The average Bonchev–Trinajstić information content (AvgIpc) is 2.35. The molecule has 0 saturated heterocycles. The van der Waals surface area contributed by atoms with E-state index in [1.165, 1.54) is 6.07 Å². The molecule has 0 atom stereocenters. The van der Waals surface area contributed by atoms with Gasteiger partial charge >= 0.3 is 0 Å². The Morgan fingerprint density at radius 3 is 2.83 bits per heavy atom. The number of anilines is 1. The van der Waals surface area contributed by atoms with Gasteiger partial charge < -0.3 is 5.73 Å². The van der Waals surface area contributed by atoms with Gasteiger partial charge in [-0.15, -0.1) is 11.8 Å². The van der Waals surface area contributed by atoms with Crippen LogP contribution in [0.25, 0.3) is 0 Å². The molecule has 0 unspecified atom stereocenters. The molecule has 2 N–H and O–H groups in total. The van der Waals surface area contributed by atoms with Gasteiger partial charge in [-0.2, -0.15) is 0 Å². The highest BCUT2D eigenvalue weighted by molar-refractivity contribution is 9.10. The van der Waals surface area contributed by atoms with Gasteiger partial charge in [0.05, 0.1) is 0 Å². The second-order valence-electron chi connectivity index (χ2n) is 4.01. The Bertz CT molecular complexity index is 570. The normalized spacial score (nSPS) is 10.6. The molecule has 0 aliphatic heterocycles. The molecule has 4 heteroatoms. The topological polar surface area (TPSA) is 26.0 Å². The summed E-state index contributed by atoms with van der Waals surface area (Å²) in [4.78, 5) is 1.03. The molecule has 1 nitrogen and oxygen atoms in total. The zero-order valence-corrected chi connectivity index (χ0v) is 12.3. The first-order chi connectivity index (χ1) is 8.58. The summed E-state index contributed by atoms with van der Waals surface area (Å²) in [5.74, 6) is 0.470. The molecule has 94 valence electrons. The van der Waals surface area contributed by atoms with E-state index in [1.807, 2.05) is 25.1 Å². The molecule has 0 radical (unpaired) electrons. The fourth-order valence-corrected chi connectivity index (χ4v) is 3.20. The maximum atomic E-state index is 13.2. The van der Waals surface area contributed by atoms with Crippen LogP contribution in [0.2, 0.25) is 0 Å². The van der Waals surface area contributed by atoms with Crippen molar-refractivity contribution in [2.24, 2.45) is 0 Å². The summed E-state index contributed by atoms with van der Waals surface area (Å²) in [6.07, 6.45) is 0. The van der Waals surface area contributed by atoms with Gasteiger partial charge in [0.25, 0.3) is 0 Å². The van der Waals surface area contributed by atoms with Gasteiger partial charge in [-0.05, 0) is 42.3 Å². The Morgan fingerprint density at radius 2 is 2.06 bits per heavy atom. The summed E-state index contributed by atoms with van der Waals surface area (Å²) < 4.78 is 14.1. The number of thioether (sulfide) groups is 1. The summed E-state index contributed by atoms with van der Waals surface area (Å²) in [5, 5.41) is 0. The first-order valence-corrected chi connectivity index (χ1v) is 7.27. The van der Waals surface area contributed by atoms with Gasteiger partial charge in [0, 0.05) is 20.8 Å². The number of aryl methyl sites for hydroxylation is 1. The van der Waals surface area contributed by atoms with Gasteiger partial charge in [0.15, 0.2) is 0 Å². The monoisotopic (exact) mass is 325 g/mol. The zero-order valence-electron chi connectivity index (χ0n) is 9.91. The number of nitrogen functional groups attached to an aromatic ring is 1. The smallest absolute Gasteiger partial charge is 0.123 e. The number of para-hydroxylation sites is 1. The molecule has 2 aromatic rings. The molecule has 0 heterocycles. The molecule has 0 fully saturated rings. The second-order valence-corrected chi connectivity index (χ2v) is 5.88. The Kier molecular flexibility index (Phi) is 4.30.